The van der Waals surface area contributed by atoms with Gasteiger partial charge in [-0.1, -0.05) is 26.0 Å². The predicted octanol–water partition coefficient (Wildman–Crippen LogP) is 2.32. The molecular formula is C13H15IN2O2. The van der Waals surface area contributed by atoms with E-state index >= 15 is 0 Å². The fourth-order valence-electron chi connectivity index (χ4n) is 2.30. The second kappa shape index (κ2) is 4.53. The maximum Gasteiger partial charge on any atom is 0.325 e. The molecule has 0 aliphatic carbocycles. The van der Waals surface area contributed by atoms with Crippen molar-refractivity contribution in [1.29, 1.82) is 0 Å². The number of hydrogen-bond acceptors (Lipinski definition) is 2. The Balaban J connectivity index is 2.56. The SMILES string of the molecule is CC(C)C1(c2ccc(I)cc2)NC(=O)N(C)C1=O. The molecule has 1 aromatic carbocycles. The van der Waals surface area contributed by atoms with Crippen LogP contribution in [0.15, 0.2) is 24.3 Å². The Morgan fingerprint density at radius 2 is 1.78 bits per heavy atom. The minimum atomic E-state index is -0.934. The Kier molecular flexibility index (Phi) is 3.35. The summed E-state index contributed by atoms with van der Waals surface area (Å²) in [6.07, 6.45) is 0. The van der Waals surface area contributed by atoms with Crippen LogP contribution in [-0.2, 0) is 10.3 Å². The standard InChI is InChI=1S/C13H15IN2O2/c1-8(2)13(9-4-6-10(14)7-5-9)11(17)16(3)12(18)15-13/h4-8H,1-3H3,(H,15,18). The van der Waals surface area contributed by atoms with E-state index in [2.05, 4.69) is 27.9 Å². The lowest BCUT2D eigenvalue weighted by atomic mass is 9.80. The van der Waals surface area contributed by atoms with Gasteiger partial charge in [0.2, 0.25) is 0 Å². The summed E-state index contributed by atoms with van der Waals surface area (Å²) in [6, 6.07) is 7.35. The topological polar surface area (TPSA) is 49.4 Å². The minimum Gasteiger partial charge on any atom is -0.319 e. The van der Waals surface area contributed by atoms with Crippen molar-refractivity contribution < 1.29 is 9.59 Å². The van der Waals surface area contributed by atoms with Crippen LogP contribution in [0, 0.1) is 9.49 Å². The fourth-order valence-corrected chi connectivity index (χ4v) is 2.66. The third kappa shape index (κ3) is 1.81. The van der Waals surface area contributed by atoms with Crippen molar-refractivity contribution in [2.24, 2.45) is 5.92 Å². The van der Waals surface area contributed by atoms with Gasteiger partial charge in [0, 0.05) is 10.6 Å². The lowest BCUT2D eigenvalue weighted by molar-refractivity contribution is -0.132. The summed E-state index contributed by atoms with van der Waals surface area (Å²) >= 11 is 2.21. The maximum atomic E-state index is 12.4. The van der Waals surface area contributed by atoms with E-state index in [0.29, 0.717) is 0 Å². The van der Waals surface area contributed by atoms with E-state index in [0.717, 1.165) is 14.0 Å². The van der Waals surface area contributed by atoms with Crippen LogP contribution in [0.4, 0.5) is 4.79 Å². The molecule has 4 nitrogen and oxygen atoms in total. The van der Waals surface area contributed by atoms with Crippen molar-refractivity contribution in [1.82, 2.24) is 10.2 Å². The largest absolute Gasteiger partial charge is 0.325 e. The highest BCUT2D eigenvalue weighted by molar-refractivity contribution is 14.1. The molecule has 1 unspecified atom stereocenters. The molecule has 0 radical (unpaired) electrons. The zero-order valence-corrected chi connectivity index (χ0v) is 12.7. The first-order chi connectivity index (χ1) is 8.39. The number of rotatable bonds is 2. The van der Waals surface area contributed by atoms with Gasteiger partial charge in [-0.2, -0.15) is 0 Å². The molecule has 1 aliphatic heterocycles. The van der Waals surface area contributed by atoms with Crippen LogP contribution in [0.2, 0.25) is 0 Å². The molecule has 1 saturated heterocycles. The minimum absolute atomic E-state index is 0.0149. The molecule has 0 aromatic heterocycles. The summed E-state index contributed by atoms with van der Waals surface area (Å²) in [6.45, 7) is 3.88. The van der Waals surface area contributed by atoms with Gasteiger partial charge in [-0.15, -0.1) is 0 Å². The molecule has 0 spiro atoms. The van der Waals surface area contributed by atoms with Crippen LogP contribution in [0.5, 0.6) is 0 Å². The quantitative estimate of drug-likeness (QED) is 0.652. The van der Waals surface area contributed by atoms with Gasteiger partial charge in [-0.3, -0.25) is 9.69 Å². The van der Waals surface area contributed by atoms with Gasteiger partial charge in [-0.25, -0.2) is 4.79 Å². The zero-order chi connectivity index (χ0) is 13.5. The number of likely N-dealkylation sites (N-methyl/N-ethyl adjacent to an activating group) is 1. The number of hydrogen-bond donors (Lipinski definition) is 1. The number of nitrogens with zero attached hydrogens (tertiary/aromatic N) is 1. The highest BCUT2D eigenvalue weighted by Gasteiger charge is 2.52. The van der Waals surface area contributed by atoms with Gasteiger partial charge in [-0.05, 0) is 46.2 Å². The monoisotopic (exact) mass is 358 g/mol. The van der Waals surface area contributed by atoms with Crippen molar-refractivity contribution in [2.75, 3.05) is 7.05 Å². The summed E-state index contributed by atoms with van der Waals surface area (Å²) in [5.41, 5.74) is -0.100. The molecule has 1 aromatic rings. The number of urea groups is 1. The molecule has 1 heterocycles. The van der Waals surface area contributed by atoms with E-state index in [1.165, 1.54) is 7.05 Å². The van der Waals surface area contributed by atoms with Crippen LogP contribution < -0.4 is 5.32 Å². The van der Waals surface area contributed by atoms with Gasteiger partial charge in [0.1, 0.15) is 5.54 Å². The van der Waals surface area contributed by atoms with E-state index in [1.807, 2.05) is 38.1 Å². The Labute approximate surface area is 120 Å². The molecule has 5 heteroatoms. The number of nitrogens with one attached hydrogen (secondary N) is 1. The average Bonchev–Trinajstić information content (AvgIpc) is 2.56. The third-order valence-corrected chi connectivity index (χ3v) is 4.14. The Morgan fingerprint density at radius 3 is 2.17 bits per heavy atom. The normalized spacial score (nSPS) is 23.7. The van der Waals surface area contributed by atoms with E-state index in [-0.39, 0.29) is 17.9 Å². The van der Waals surface area contributed by atoms with Crippen molar-refractivity contribution in [3.63, 3.8) is 0 Å². The van der Waals surface area contributed by atoms with Crippen LogP contribution >= 0.6 is 22.6 Å². The Hall–Kier alpha value is -1.11. The van der Waals surface area contributed by atoms with Crippen molar-refractivity contribution in [2.45, 2.75) is 19.4 Å². The molecule has 3 amide bonds. The van der Waals surface area contributed by atoms with Crippen LogP contribution in [0.25, 0.3) is 0 Å². The van der Waals surface area contributed by atoms with E-state index in [4.69, 9.17) is 0 Å². The second-order valence-electron chi connectivity index (χ2n) is 4.76. The molecule has 1 aliphatic rings. The van der Waals surface area contributed by atoms with Crippen LogP contribution in [0.3, 0.4) is 0 Å². The number of amides is 3. The molecule has 1 atom stereocenters. The first kappa shape index (κ1) is 13.3. The number of imide groups is 1. The zero-order valence-electron chi connectivity index (χ0n) is 10.5. The molecular weight excluding hydrogens is 343 g/mol. The summed E-state index contributed by atoms with van der Waals surface area (Å²) in [4.78, 5) is 25.3. The average molecular weight is 358 g/mol. The maximum absolute atomic E-state index is 12.4. The molecule has 18 heavy (non-hydrogen) atoms. The van der Waals surface area contributed by atoms with E-state index in [1.54, 1.807) is 0 Å². The number of carbonyl (C=O) groups is 2. The van der Waals surface area contributed by atoms with E-state index < -0.39 is 5.54 Å². The first-order valence-electron chi connectivity index (χ1n) is 5.76. The Morgan fingerprint density at radius 1 is 1.22 bits per heavy atom. The van der Waals surface area contributed by atoms with Gasteiger partial charge in [0.15, 0.2) is 0 Å². The molecule has 0 bridgehead atoms. The first-order valence-corrected chi connectivity index (χ1v) is 6.84. The van der Waals surface area contributed by atoms with Gasteiger partial charge < -0.3 is 5.32 Å². The Bertz CT molecular complexity index is 498. The summed E-state index contributed by atoms with van der Waals surface area (Å²) in [7, 11) is 1.51. The van der Waals surface area contributed by atoms with Crippen LogP contribution in [-0.4, -0.2) is 23.9 Å². The lowest BCUT2D eigenvalue weighted by Crippen LogP contribution is -2.48. The van der Waals surface area contributed by atoms with Crippen molar-refractivity contribution in [3.05, 3.63) is 33.4 Å². The second-order valence-corrected chi connectivity index (χ2v) is 6.01. The molecule has 96 valence electrons. The molecule has 0 saturated carbocycles. The summed E-state index contributed by atoms with van der Waals surface area (Å²) in [5, 5.41) is 2.84. The van der Waals surface area contributed by atoms with Gasteiger partial charge >= 0.3 is 6.03 Å². The molecule has 1 N–H and O–H groups in total. The molecule has 1 fully saturated rings. The highest BCUT2D eigenvalue weighted by Crippen LogP contribution is 2.35. The number of carbonyl (C=O) groups excluding carboxylic acids is 2. The smallest absolute Gasteiger partial charge is 0.319 e. The van der Waals surface area contributed by atoms with Crippen molar-refractivity contribution in [3.8, 4) is 0 Å². The fraction of sp³-hybridized carbons (Fsp3) is 0.385. The van der Waals surface area contributed by atoms with Gasteiger partial charge in [0.25, 0.3) is 5.91 Å². The third-order valence-electron chi connectivity index (χ3n) is 3.42. The van der Waals surface area contributed by atoms with Gasteiger partial charge in [0.05, 0.1) is 0 Å². The number of benzene rings is 1. The lowest BCUT2D eigenvalue weighted by Gasteiger charge is -2.31. The summed E-state index contributed by atoms with van der Waals surface area (Å²) in [5.74, 6) is -0.206. The predicted molar refractivity (Wildman–Crippen MR) is 77.0 cm³/mol. The van der Waals surface area contributed by atoms with E-state index in [9.17, 15) is 9.59 Å². The summed E-state index contributed by atoms with van der Waals surface area (Å²) < 4.78 is 1.10. The highest BCUT2D eigenvalue weighted by atomic mass is 127. The molecule has 2 rings (SSSR count). The van der Waals surface area contributed by atoms with Crippen molar-refractivity contribution >= 4 is 34.5 Å². The van der Waals surface area contributed by atoms with Crippen LogP contribution in [0.1, 0.15) is 19.4 Å². The number of halogens is 1.